The Bertz CT molecular complexity index is 1140. The van der Waals surface area contributed by atoms with E-state index in [1.165, 1.54) is 7.11 Å². The van der Waals surface area contributed by atoms with E-state index in [1.54, 1.807) is 17.1 Å². The number of nitrogens with one attached hydrogen (secondary N) is 2. The smallest absolute Gasteiger partial charge is 0.283 e. The van der Waals surface area contributed by atoms with Crippen LogP contribution in [0.3, 0.4) is 0 Å². The maximum atomic E-state index is 14.5. The van der Waals surface area contributed by atoms with Gasteiger partial charge in [0.1, 0.15) is 18.5 Å². The lowest BCUT2D eigenvalue weighted by Crippen LogP contribution is -2.49. The third kappa shape index (κ3) is 7.21. The van der Waals surface area contributed by atoms with Gasteiger partial charge in [0.2, 0.25) is 0 Å². The molecule has 1 aliphatic heterocycles. The molecule has 0 radical (unpaired) electrons. The number of aliphatic hydroxyl groups is 1. The van der Waals surface area contributed by atoms with Gasteiger partial charge in [0.15, 0.2) is 0 Å². The zero-order valence-corrected chi connectivity index (χ0v) is 22.7. The molecule has 2 heterocycles. The van der Waals surface area contributed by atoms with Gasteiger partial charge in [-0.05, 0) is 63.9 Å². The van der Waals surface area contributed by atoms with Crippen LogP contribution in [0.4, 0.5) is 13.2 Å². The third-order valence-corrected chi connectivity index (χ3v) is 6.80. The number of halogens is 3. The second kappa shape index (κ2) is 13.4. The number of para-hydroxylation sites is 1. The molecule has 0 saturated heterocycles. The summed E-state index contributed by atoms with van der Waals surface area (Å²) in [6, 6.07) is 7.04. The molecule has 0 bridgehead atoms. The van der Waals surface area contributed by atoms with E-state index in [1.807, 2.05) is 45.0 Å². The van der Waals surface area contributed by atoms with Gasteiger partial charge in [-0.2, -0.15) is 0 Å². The van der Waals surface area contributed by atoms with Crippen LogP contribution in [0.2, 0.25) is 0 Å². The van der Waals surface area contributed by atoms with Crippen molar-refractivity contribution in [3.63, 3.8) is 0 Å². The first-order chi connectivity index (χ1) is 18.1. The lowest BCUT2D eigenvalue weighted by Gasteiger charge is -2.42. The third-order valence-electron chi connectivity index (χ3n) is 6.80. The Labute approximate surface area is 223 Å². The highest BCUT2D eigenvalue weighted by Gasteiger charge is 2.42. The first kappa shape index (κ1) is 29.8. The molecule has 3 atom stereocenters. The van der Waals surface area contributed by atoms with Crippen molar-refractivity contribution in [2.75, 3.05) is 40.0 Å². The van der Waals surface area contributed by atoms with Crippen molar-refractivity contribution in [1.82, 2.24) is 15.2 Å². The number of benzene rings is 1. The largest absolute Gasteiger partial charge is 0.496 e. The van der Waals surface area contributed by atoms with Gasteiger partial charge in [0.05, 0.1) is 32.1 Å². The van der Waals surface area contributed by atoms with E-state index < -0.39 is 25.1 Å². The summed E-state index contributed by atoms with van der Waals surface area (Å²) in [7, 11) is 1.52. The Hall–Kier alpha value is -2.75. The van der Waals surface area contributed by atoms with Crippen LogP contribution in [0, 0.1) is 0 Å². The molecule has 3 rings (SSSR count). The maximum absolute atomic E-state index is 14.5. The summed E-state index contributed by atoms with van der Waals surface area (Å²) in [5, 5.41) is 13.5. The Morgan fingerprint density at radius 2 is 2.08 bits per heavy atom. The van der Waals surface area contributed by atoms with Crippen LogP contribution in [0.15, 0.2) is 60.1 Å². The minimum absolute atomic E-state index is 0.127. The molecule has 0 saturated carbocycles. The molecule has 0 unspecified atom stereocenters. The number of H-pyrrole nitrogens is 1. The Morgan fingerprint density at radius 3 is 2.76 bits per heavy atom. The van der Waals surface area contributed by atoms with E-state index in [-0.39, 0.29) is 18.8 Å². The summed E-state index contributed by atoms with van der Waals surface area (Å²) in [4.78, 5) is 5.12. The number of allylic oxidation sites excluding steroid dienone is 3. The van der Waals surface area contributed by atoms with Gasteiger partial charge >= 0.3 is 0 Å². The fourth-order valence-corrected chi connectivity index (χ4v) is 4.98. The number of hydrogen-bond donors (Lipinski definition) is 3. The van der Waals surface area contributed by atoms with Gasteiger partial charge in [-0.3, -0.25) is 9.29 Å². The van der Waals surface area contributed by atoms with Crippen molar-refractivity contribution >= 4 is 10.9 Å². The van der Waals surface area contributed by atoms with Gasteiger partial charge in [-0.1, -0.05) is 24.8 Å². The molecule has 2 aromatic rings. The molecule has 0 fully saturated rings. The monoisotopic (exact) mass is 535 g/mol. The van der Waals surface area contributed by atoms with Gasteiger partial charge in [0, 0.05) is 34.8 Å². The average Bonchev–Trinajstić information content (AvgIpc) is 3.25. The van der Waals surface area contributed by atoms with Crippen LogP contribution in [0.1, 0.15) is 44.5 Å². The fraction of sp³-hybridized carbons (Fsp3) is 0.517. The number of aromatic amines is 1. The molecule has 0 aliphatic carbocycles. The number of aromatic nitrogens is 1. The number of ether oxygens (including phenoxy) is 2. The lowest BCUT2D eigenvalue weighted by molar-refractivity contribution is -0.0869. The Kier molecular flexibility index (Phi) is 10.5. The number of rotatable bonds is 14. The normalized spacial score (nSPS) is 19.9. The molecule has 38 heavy (non-hydrogen) atoms. The van der Waals surface area contributed by atoms with Gasteiger partial charge < -0.3 is 24.9 Å². The summed E-state index contributed by atoms with van der Waals surface area (Å²) < 4.78 is 52.8. The SMILES string of the molecule is C=C(/C(=C\C=C(/C)O[C@@H](C)CNCCCF)OC)[C@@H]1c2[nH]c3ccccc3c2C[C@@H](C)N1CC(F)(F)CO. The molecular formula is C29H40F3N3O3. The van der Waals surface area contributed by atoms with Crippen molar-refractivity contribution in [2.24, 2.45) is 0 Å². The molecule has 1 aliphatic rings. The molecule has 1 aromatic heterocycles. The standard InChI is InChI=1S/C29H40F3N3O3/c1-19-15-24-23-9-6-7-10-25(23)34-27(24)28(35(19)17-29(31,32)18-36)22(4)26(37-5)12-11-20(2)38-21(3)16-33-14-8-13-30/h6-7,9-12,19,21,28,33-34,36H,4,8,13-18H2,1-3,5H3/b20-11+,26-12+/t19-,21+,28-/m1/s1. The predicted octanol–water partition coefficient (Wildman–Crippen LogP) is 5.43. The first-order valence-electron chi connectivity index (χ1n) is 13.0. The molecule has 210 valence electrons. The number of methoxy groups -OCH3 is 1. The van der Waals surface area contributed by atoms with Crippen LogP contribution in [0.25, 0.3) is 10.9 Å². The van der Waals surface area contributed by atoms with E-state index in [9.17, 15) is 18.3 Å². The van der Waals surface area contributed by atoms with Crippen LogP contribution in [-0.4, -0.2) is 73.1 Å². The molecule has 1 aromatic carbocycles. The minimum Gasteiger partial charge on any atom is -0.496 e. The Morgan fingerprint density at radius 1 is 1.34 bits per heavy atom. The number of aliphatic hydroxyl groups excluding tert-OH is 1. The summed E-state index contributed by atoms with van der Waals surface area (Å²) in [6.07, 6.45) is 4.40. The van der Waals surface area contributed by atoms with Crippen LogP contribution >= 0.6 is 0 Å². The first-order valence-corrected chi connectivity index (χ1v) is 13.0. The number of fused-ring (bicyclic) bond motifs is 3. The zero-order valence-electron chi connectivity index (χ0n) is 22.7. The highest BCUT2D eigenvalue weighted by Crippen LogP contribution is 2.43. The van der Waals surface area contributed by atoms with E-state index in [0.717, 1.165) is 22.2 Å². The van der Waals surface area contributed by atoms with E-state index in [2.05, 4.69) is 16.9 Å². The van der Waals surface area contributed by atoms with Gasteiger partial charge in [0.25, 0.3) is 5.92 Å². The van der Waals surface area contributed by atoms with Gasteiger partial charge in [-0.25, -0.2) is 8.78 Å². The quantitative estimate of drug-likeness (QED) is 0.171. The molecule has 0 amide bonds. The lowest BCUT2D eigenvalue weighted by atomic mass is 9.88. The molecule has 3 N–H and O–H groups in total. The molecule has 0 spiro atoms. The van der Waals surface area contributed by atoms with E-state index in [4.69, 9.17) is 9.47 Å². The Balaban J connectivity index is 1.91. The summed E-state index contributed by atoms with van der Waals surface area (Å²) in [5.74, 6) is -2.20. The van der Waals surface area contributed by atoms with Crippen LogP contribution in [0.5, 0.6) is 0 Å². The molecular weight excluding hydrogens is 495 g/mol. The molecule has 6 nitrogen and oxygen atoms in total. The second-order valence-corrected chi connectivity index (χ2v) is 9.92. The summed E-state index contributed by atoms with van der Waals surface area (Å²) in [5.41, 5.74) is 3.32. The fourth-order valence-electron chi connectivity index (χ4n) is 4.98. The summed E-state index contributed by atoms with van der Waals surface area (Å²) >= 11 is 0. The predicted molar refractivity (Wildman–Crippen MR) is 145 cm³/mol. The van der Waals surface area contributed by atoms with Crippen LogP contribution in [-0.2, 0) is 15.9 Å². The number of nitrogens with zero attached hydrogens (tertiary/aromatic N) is 1. The van der Waals surface area contributed by atoms with Gasteiger partial charge in [-0.15, -0.1) is 0 Å². The van der Waals surface area contributed by atoms with Crippen molar-refractivity contribution in [3.05, 3.63) is 71.3 Å². The topological polar surface area (TPSA) is 69.8 Å². The average molecular weight is 536 g/mol. The highest BCUT2D eigenvalue weighted by molar-refractivity contribution is 5.85. The van der Waals surface area contributed by atoms with E-state index in [0.29, 0.717) is 43.0 Å². The van der Waals surface area contributed by atoms with Crippen molar-refractivity contribution < 1.29 is 27.8 Å². The van der Waals surface area contributed by atoms with Crippen molar-refractivity contribution in [2.45, 2.75) is 57.7 Å². The number of alkyl halides is 3. The second-order valence-electron chi connectivity index (χ2n) is 9.92. The van der Waals surface area contributed by atoms with Crippen molar-refractivity contribution in [1.29, 1.82) is 0 Å². The highest BCUT2D eigenvalue weighted by atomic mass is 19.3. The maximum Gasteiger partial charge on any atom is 0.283 e. The van der Waals surface area contributed by atoms with Crippen LogP contribution < -0.4 is 5.32 Å². The zero-order chi connectivity index (χ0) is 27.9. The minimum atomic E-state index is -3.27. The molecule has 9 heteroatoms. The summed E-state index contributed by atoms with van der Waals surface area (Å²) in [6.45, 7) is 8.88. The van der Waals surface area contributed by atoms with Crippen molar-refractivity contribution in [3.8, 4) is 0 Å². The number of hydrogen-bond acceptors (Lipinski definition) is 5. The van der Waals surface area contributed by atoms with E-state index >= 15 is 0 Å².